The maximum Gasteiger partial charge on any atom is 0.323 e. The molecule has 4 rings (SSSR count). The first-order valence-electron chi connectivity index (χ1n) is 13.0. The van der Waals surface area contributed by atoms with E-state index in [0.717, 1.165) is 37.3 Å². The van der Waals surface area contributed by atoms with Crippen molar-refractivity contribution in [2.75, 3.05) is 62.5 Å². The van der Waals surface area contributed by atoms with Crippen molar-refractivity contribution in [1.82, 2.24) is 20.2 Å². The number of amides is 5. The molecule has 1 saturated heterocycles. The molecule has 0 aliphatic carbocycles. The first-order valence-corrected chi connectivity index (χ1v) is 13.0. The molecule has 0 saturated carbocycles. The summed E-state index contributed by atoms with van der Waals surface area (Å²) in [6, 6.07) is 18.9. The summed E-state index contributed by atoms with van der Waals surface area (Å²) in [5.74, 6) is -0.335. The summed E-state index contributed by atoms with van der Waals surface area (Å²) < 4.78 is 0. The van der Waals surface area contributed by atoms with Gasteiger partial charge in [0.25, 0.3) is 5.91 Å². The van der Waals surface area contributed by atoms with Crippen LogP contribution in [0.2, 0.25) is 0 Å². The van der Waals surface area contributed by atoms with Crippen LogP contribution in [-0.2, 0) is 13.1 Å². The van der Waals surface area contributed by atoms with Crippen LogP contribution in [-0.4, -0.2) is 74.1 Å². The Hall–Kier alpha value is -4.45. The van der Waals surface area contributed by atoms with E-state index in [1.165, 1.54) is 0 Å². The third-order valence-electron chi connectivity index (χ3n) is 5.84. The normalized spacial score (nSPS) is 12.7. The highest BCUT2D eigenvalue weighted by molar-refractivity contribution is 6.04. The number of hydrogen-bond acceptors (Lipinski definition) is 6. The number of carbonyl (C=O) groups excluding carboxylic acids is 3. The molecule has 3 aromatic carbocycles. The zero-order valence-electron chi connectivity index (χ0n) is 23.2. The molecule has 3 aromatic rings. The Labute approximate surface area is 234 Å². The van der Waals surface area contributed by atoms with Crippen molar-refractivity contribution in [3.05, 3.63) is 83.4 Å². The third-order valence-corrected chi connectivity index (χ3v) is 5.84. The standard InChI is InChI=1S/C29H36N8O3/c1-35(2)18-20-5-9-23(10-6-20)30-28(39)32-25-15-22(27(38)34-37-13-14-37)16-26(17-25)33-29(40)31-24-11-7-21(8-12-24)19-36(3)4/h5-12,15-17H,13-14,18-19H2,1-4H3,(H,34,38)(H2,30,32,39)(H2,31,33,40). The molecule has 0 bridgehead atoms. The molecule has 1 aliphatic rings. The van der Waals surface area contributed by atoms with Gasteiger partial charge in [-0.2, -0.15) is 0 Å². The average molecular weight is 545 g/mol. The molecule has 1 aliphatic heterocycles. The van der Waals surface area contributed by atoms with Crippen LogP contribution in [0.1, 0.15) is 21.5 Å². The number of hydrazine groups is 1. The molecule has 0 unspecified atom stereocenters. The maximum absolute atomic E-state index is 12.8. The molecule has 11 nitrogen and oxygen atoms in total. The average Bonchev–Trinajstić information content (AvgIpc) is 3.69. The predicted molar refractivity (Wildman–Crippen MR) is 158 cm³/mol. The van der Waals surface area contributed by atoms with Gasteiger partial charge < -0.3 is 31.1 Å². The fraction of sp³-hybridized carbons (Fsp3) is 0.276. The van der Waals surface area contributed by atoms with E-state index in [2.05, 4.69) is 36.5 Å². The summed E-state index contributed by atoms with van der Waals surface area (Å²) in [6.45, 7) is 3.15. The van der Waals surface area contributed by atoms with Crippen LogP contribution in [0.4, 0.5) is 32.3 Å². The van der Waals surface area contributed by atoms with E-state index in [0.29, 0.717) is 28.3 Å². The van der Waals surface area contributed by atoms with Crippen LogP contribution in [0, 0.1) is 0 Å². The molecule has 0 aromatic heterocycles. The number of carbonyl (C=O) groups is 3. The Morgan fingerprint density at radius 3 is 1.40 bits per heavy atom. The van der Waals surface area contributed by atoms with Gasteiger partial charge in [0.2, 0.25) is 0 Å². The highest BCUT2D eigenvalue weighted by Gasteiger charge is 2.21. The lowest BCUT2D eigenvalue weighted by molar-refractivity contribution is 0.0896. The molecule has 5 amide bonds. The molecule has 1 fully saturated rings. The summed E-state index contributed by atoms with van der Waals surface area (Å²) in [4.78, 5) is 42.4. The molecule has 40 heavy (non-hydrogen) atoms. The number of urea groups is 2. The second kappa shape index (κ2) is 13.1. The van der Waals surface area contributed by atoms with Gasteiger partial charge in [-0.05, 0) is 81.8 Å². The van der Waals surface area contributed by atoms with Gasteiger partial charge in [0.15, 0.2) is 0 Å². The number of nitrogens with one attached hydrogen (secondary N) is 5. The third kappa shape index (κ3) is 9.09. The molecule has 5 N–H and O–H groups in total. The van der Waals surface area contributed by atoms with E-state index in [1.807, 2.05) is 76.7 Å². The van der Waals surface area contributed by atoms with Crippen LogP contribution < -0.4 is 26.7 Å². The van der Waals surface area contributed by atoms with E-state index in [-0.39, 0.29) is 5.91 Å². The molecule has 0 spiro atoms. The van der Waals surface area contributed by atoms with Crippen molar-refractivity contribution in [3.63, 3.8) is 0 Å². The van der Waals surface area contributed by atoms with Crippen molar-refractivity contribution in [3.8, 4) is 0 Å². The van der Waals surface area contributed by atoms with Crippen LogP contribution in [0.5, 0.6) is 0 Å². The molecule has 1 heterocycles. The van der Waals surface area contributed by atoms with Gasteiger partial charge in [-0.3, -0.25) is 10.2 Å². The summed E-state index contributed by atoms with van der Waals surface area (Å²) in [5.41, 5.74) is 7.28. The smallest absolute Gasteiger partial charge is 0.308 e. The van der Waals surface area contributed by atoms with Crippen molar-refractivity contribution in [2.24, 2.45) is 0 Å². The molecular weight excluding hydrogens is 508 g/mol. The van der Waals surface area contributed by atoms with E-state index in [4.69, 9.17) is 0 Å². The molecule has 0 radical (unpaired) electrons. The largest absolute Gasteiger partial charge is 0.323 e. The summed E-state index contributed by atoms with van der Waals surface area (Å²) >= 11 is 0. The minimum absolute atomic E-state index is 0.293. The zero-order valence-corrected chi connectivity index (χ0v) is 23.2. The molecule has 210 valence electrons. The molecular formula is C29H36N8O3. The maximum atomic E-state index is 12.8. The van der Waals surface area contributed by atoms with Crippen LogP contribution >= 0.6 is 0 Å². The van der Waals surface area contributed by atoms with E-state index >= 15 is 0 Å². The topological polar surface area (TPSA) is 121 Å². The highest BCUT2D eigenvalue weighted by atomic mass is 16.2. The van der Waals surface area contributed by atoms with Gasteiger partial charge in [0, 0.05) is 54.5 Å². The van der Waals surface area contributed by atoms with Gasteiger partial charge in [-0.1, -0.05) is 24.3 Å². The first-order chi connectivity index (χ1) is 19.1. The van der Waals surface area contributed by atoms with E-state index in [9.17, 15) is 14.4 Å². The zero-order chi connectivity index (χ0) is 28.6. The Bertz CT molecular complexity index is 1250. The predicted octanol–water partition coefficient (Wildman–Crippen LogP) is 4.06. The quantitative estimate of drug-likeness (QED) is 0.246. The van der Waals surface area contributed by atoms with Gasteiger partial charge >= 0.3 is 12.1 Å². The SMILES string of the molecule is CN(C)Cc1ccc(NC(=O)Nc2cc(NC(=O)Nc3ccc(CN(C)C)cc3)cc(C(=O)NN3CC3)c2)cc1. The van der Waals surface area contributed by atoms with Crippen molar-refractivity contribution in [1.29, 1.82) is 0 Å². The second-order valence-corrected chi connectivity index (χ2v) is 10.3. The Morgan fingerprint density at radius 1 is 0.625 bits per heavy atom. The Morgan fingerprint density at radius 2 is 1.02 bits per heavy atom. The van der Waals surface area contributed by atoms with E-state index in [1.54, 1.807) is 23.2 Å². The lowest BCUT2D eigenvalue weighted by Crippen LogP contribution is -2.29. The fourth-order valence-corrected chi connectivity index (χ4v) is 3.98. The minimum atomic E-state index is -0.475. The number of benzene rings is 3. The van der Waals surface area contributed by atoms with Gasteiger partial charge in [0.05, 0.1) is 0 Å². The Kier molecular flexibility index (Phi) is 9.33. The first kappa shape index (κ1) is 28.6. The number of anilines is 4. The Balaban J connectivity index is 1.43. The van der Waals surface area contributed by atoms with Crippen molar-refractivity contribution in [2.45, 2.75) is 13.1 Å². The fourth-order valence-electron chi connectivity index (χ4n) is 3.98. The lowest BCUT2D eigenvalue weighted by Gasteiger charge is -2.14. The van der Waals surface area contributed by atoms with Crippen molar-refractivity contribution >= 4 is 40.7 Å². The second-order valence-electron chi connectivity index (χ2n) is 10.3. The molecule has 11 heteroatoms. The van der Waals surface area contributed by atoms with Crippen LogP contribution in [0.3, 0.4) is 0 Å². The summed E-state index contributed by atoms with van der Waals surface area (Å²) in [5, 5.41) is 12.9. The van der Waals surface area contributed by atoms with Crippen molar-refractivity contribution < 1.29 is 14.4 Å². The van der Waals surface area contributed by atoms with Gasteiger partial charge in [0.1, 0.15) is 0 Å². The molecule has 0 atom stereocenters. The van der Waals surface area contributed by atoms with Crippen LogP contribution in [0.25, 0.3) is 0 Å². The summed E-state index contributed by atoms with van der Waals surface area (Å²) in [7, 11) is 7.97. The number of nitrogens with zero attached hydrogens (tertiary/aromatic N) is 3. The highest BCUT2D eigenvalue weighted by Crippen LogP contribution is 2.21. The van der Waals surface area contributed by atoms with Crippen LogP contribution in [0.15, 0.2) is 66.7 Å². The number of rotatable bonds is 10. The number of hydrogen-bond donors (Lipinski definition) is 5. The minimum Gasteiger partial charge on any atom is -0.308 e. The summed E-state index contributed by atoms with van der Waals surface area (Å²) in [6.07, 6.45) is 0. The van der Waals surface area contributed by atoms with Gasteiger partial charge in [-0.15, -0.1) is 0 Å². The monoisotopic (exact) mass is 544 g/mol. The van der Waals surface area contributed by atoms with Gasteiger partial charge in [-0.25, -0.2) is 14.6 Å². The van der Waals surface area contributed by atoms with E-state index < -0.39 is 12.1 Å². The lowest BCUT2D eigenvalue weighted by atomic mass is 10.1.